The number of thiophene rings is 1. The van der Waals surface area contributed by atoms with Gasteiger partial charge in [-0.2, -0.15) is 0 Å². The molecule has 0 fully saturated rings. The Kier molecular flexibility index (Phi) is 1.55. The largest absolute Gasteiger partial charge is 0.244 e. The average molecular weight is 200 g/mol. The standard InChI is InChI=1S/C11H8N2S/c1-7-2-3-10-8(4-7)9-5-12-6-13-11(9)14-10/h2-6H,1H3. The van der Waals surface area contributed by atoms with E-state index in [2.05, 4.69) is 35.1 Å². The number of fused-ring (bicyclic) bond motifs is 3. The summed E-state index contributed by atoms with van der Waals surface area (Å²) in [4.78, 5) is 9.39. The van der Waals surface area contributed by atoms with Gasteiger partial charge in [0, 0.05) is 21.7 Å². The van der Waals surface area contributed by atoms with Crippen molar-refractivity contribution in [3.05, 3.63) is 36.3 Å². The van der Waals surface area contributed by atoms with E-state index in [-0.39, 0.29) is 0 Å². The SMILES string of the molecule is Cc1ccc2sc3ncncc3c2c1. The lowest BCUT2D eigenvalue weighted by Crippen LogP contribution is -1.74. The molecule has 14 heavy (non-hydrogen) atoms. The normalized spacial score (nSPS) is 11.2. The molecule has 3 heteroatoms. The Morgan fingerprint density at radius 1 is 1.21 bits per heavy atom. The zero-order chi connectivity index (χ0) is 9.54. The maximum Gasteiger partial charge on any atom is 0.127 e. The van der Waals surface area contributed by atoms with Gasteiger partial charge in [-0.05, 0) is 19.1 Å². The first-order valence-electron chi connectivity index (χ1n) is 4.43. The van der Waals surface area contributed by atoms with Gasteiger partial charge in [-0.1, -0.05) is 11.6 Å². The molecular formula is C11H8N2S. The van der Waals surface area contributed by atoms with Crippen LogP contribution in [0.2, 0.25) is 0 Å². The maximum absolute atomic E-state index is 4.26. The lowest BCUT2D eigenvalue weighted by Gasteiger charge is -1.92. The van der Waals surface area contributed by atoms with E-state index in [1.54, 1.807) is 17.7 Å². The lowest BCUT2D eigenvalue weighted by molar-refractivity contribution is 1.24. The number of aromatic nitrogens is 2. The molecule has 0 radical (unpaired) electrons. The number of benzene rings is 1. The van der Waals surface area contributed by atoms with Gasteiger partial charge >= 0.3 is 0 Å². The highest BCUT2D eigenvalue weighted by Gasteiger charge is 2.04. The van der Waals surface area contributed by atoms with Gasteiger partial charge in [0.1, 0.15) is 11.2 Å². The fraction of sp³-hybridized carbons (Fsp3) is 0.0909. The van der Waals surface area contributed by atoms with Crippen molar-refractivity contribution in [2.24, 2.45) is 0 Å². The van der Waals surface area contributed by atoms with Crippen LogP contribution in [0.15, 0.2) is 30.7 Å². The van der Waals surface area contributed by atoms with E-state index in [4.69, 9.17) is 0 Å². The van der Waals surface area contributed by atoms with Crippen LogP contribution in [-0.2, 0) is 0 Å². The third kappa shape index (κ3) is 1.02. The number of nitrogens with zero attached hydrogens (tertiary/aromatic N) is 2. The topological polar surface area (TPSA) is 25.8 Å². The smallest absolute Gasteiger partial charge is 0.127 e. The van der Waals surface area contributed by atoms with Crippen molar-refractivity contribution in [3.63, 3.8) is 0 Å². The zero-order valence-electron chi connectivity index (χ0n) is 7.69. The Hall–Kier alpha value is -1.48. The first kappa shape index (κ1) is 7.88. The van der Waals surface area contributed by atoms with E-state index < -0.39 is 0 Å². The predicted octanol–water partition coefficient (Wildman–Crippen LogP) is 3.15. The van der Waals surface area contributed by atoms with Crippen LogP contribution in [0.1, 0.15) is 5.56 Å². The first-order valence-corrected chi connectivity index (χ1v) is 5.25. The monoisotopic (exact) mass is 200 g/mol. The number of hydrogen-bond donors (Lipinski definition) is 0. The Morgan fingerprint density at radius 2 is 2.14 bits per heavy atom. The zero-order valence-corrected chi connectivity index (χ0v) is 8.51. The molecule has 68 valence electrons. The predicted molar refractivity (Wildman–Crippen MR) is 59.7 cm³/mol. The molecule has 0 bridgehead atoms. The van der Waals surface area contributed by atoms with Crippen LogP contribution in [0.3, 0.4) is 0 Å². The highest BCUT2D eigenvalue weighted by atomic mass is 32.1. The second kappa shape index (κ2) is 2.75. The van der Waals surface area contributed by atoms with Crippen LogP contribution in [-0.4, -0.2) is 9.97 Å². The molecule has 0 saturated heterocycles. The van der Waals surface area contributed by atoms with Crippen molar-refractivity contribution in [1.82, 2.24) is 9.97 Å². The van der Waals surface area contributed by atoms with Crippen LogP contribution in [0.4, 0.5) is 0 Å². The molecular weight excluding hydrogens is 192 g/mol. The molecule has 2 nitrogen and oxygen atoms in total. The summed E-state index contributed by atoms with van der Waals surface area (Å²) in [7, 11) is 0. The van der Waals surface area contributed by atoms with Gasteiger partial charge in [0.25, 0.3) is 0 Å². The van der Waals surface area contributed by atoms with Crippen LogP contribution in [0.25, 0.3) is 20.3 Å². The third-order valence-corrected chi connectivity index (χ3v) is 3.40. The van der Waals surface area contributed by atoms with E-state index in [9.17, 15) is 0 Å². The summed E-state index contributed by atoms with van der Waals surface area (Å²) in [6.07, 6.45) is 3.49. The van der Waals surface area contributed by atoms with E-state index in [1.165, 1.54) is 15.6 Å². The number of rotatable bonds is 0. The minimum atomic E-state index is 1.07. The Bertz CT molecular complexity index is 613. The van der Waals surface area contributed by atoms with Gasteiger partial charge in [0.05, 0.1) is 0 Å². The van der Waals surface area contributed by atoms with Gasteiger partial charge in [0.2, 0.25) is 0 Å². The molecule has 0 aliphatic heterocycles. The minimum Gasteiger partial charge on any atom is -0.244 e. The quantitative estimate of drug-likeness (QED) is 0.557. The lowest BCUT2D eigenvalue weighted by atomic mass is 10.1. The Labute approximate surface area is 85.2 Å². The van der Waals surface area contributed by atoms with E-state index in [0.717, 1.165) is 10.2 Å². The number of hydrogen-bond acceptors (Lipinski definition) is 3. The highest BCUT2D eigenvalue weighted by Crippen LogP contribution is 2.31. The summed E-state index contributed by atoms with van der Waals surface area (Å²) in [5.74, 6) is 0. The van der Waals surface area contributed by atoms with Crippen LogP contribution in [0.5, 0.6) is 0 Å². The summed E-state index contributed by atoms with van der Waals surface area (Å²) in [6.45, 7) is 2.10. The fourth-order valence-electron chi connectivity index (χ4n) is 1.63. The van der Waals surface area contributed by atoms with Crippen LogP contribution < -0.4 is 0 Å². The summed E-state index contributed by atoms with van der Waals surface area (Å²) < 4.78 is 1.28. The van der Waals surface area contributed by atoms with Crippen LogP contribution >= 0.6 is 11.3 Å². The molecule has 3 aromatic rings. The van der Waals surface area contributed by atoms with Crippen molar-refractivity contribution in [2.45, 2.75) is 6.92 Å². The molecule has 2 heterocycles. The van der Waals surface area contributed by atoms with E-state index in [1.807, 2.05) is 6.20 Å². The molecule has 0 aliphatic carbocycles. The molecule has 1 aromatic carbocycles. The molecule has 3 rings (SSSR count). The van der Waals surface area contributed by atoms with Gasteiger partial charge in [-0.15, -0.1) is 11.3 Å². The molecule has 0 amide bonds. The molecule has 2 aromatic heterocycles. The summed E-state index contributed by atoms with van der Waals surface area (Å²) in [6, 6.07) is 6.47. The maximum atomic E-state index is 4.26. The number of aryl methyl sites for hydroxylation is 1. The fourth-order valence-corrected chi connectivity index (χ4v) is 2.63. The van der Waals surface area contributed by atoms with Gasteiger partial charge in [-0.25, -0.2) is 9.97 Å². The summed E-state index contributed by atoms with van der Waals surface area (Å²) in [5, 5.41) is 2.43. The Morgan fingerprint density at radius 3 is 3.07 bits per heavy atom. The van der Waals surface area contributed by atoms with Gasteiger partial charge in [-0.3, -0.25) is 0 Å². The second-order valence-corrected chi connectivity index (χ2v) is 4.37. The van der Waals surface area contributed by atoms with E-state index in [0.29, 0.717) is 0 Å². The molecule has 0 saturated carbocycles. The molecule has 0 N–H and O–H groups in total. The van der Waals surface area contributed by atoms with Crippen molar-refractivity contribution in [3.8, 4) is 0 Å². The van der Waals surface area contributed by atoms with Crippen molar-refractivity contribution < 1.29 is 0 Å². The van der Waals surface area contributed by atoms with Crippen molar-refractivity contribution in [1.29, 1.82) is 0 Å². The molecule has 0 atom stereocenters. The molecule has 0 aliphatic rings. The summed E-state index contributed by atoms with van der Waals surface area (Å²) >= 11 is 1.72. The second-order valence-electron chi connectivity index (χ2n) is 3.34. The average Bonchev–Trinajstić information content (AvgIpc) is 2.56. The van der Waals surface area contributed by atoms with Gasteiger partial charge < -0.3 is 0 Å². The van der Waals surface area contributed by atoms with Crippen molar-refractivity contribution >= 4 is 31.6 Å². The van der Waals surface area contributed by atoms with Crippen LogP contribution in [0, 0.1) is 6.92 Å². The minimum absolute atomic E-state index is 1.07. The molecule has 0 spiro atoms. The first-order chi connectivity index (χ1) is 6.84. The third-order valence-electron chi connectivity index (χ3n) is 2.31. The van der Waals surface area contributed by atoms with Gasteiger partial charge in [0.15, 0.2) is 0 Å². The summed E-state index contributed by atoms with van der Waals surface area (Å²) in [5.41, 5.74) is 1.28. The Balaban J connectivity index is 2.58. The molecule has 0 unspecified atom stereocenters. The van der Waals surface area contributed by atoms with E-state index >= 15 is 0 Å². The van der Waals surface area contributed by atoms with Crippen molar-refractivity contribution in [2.75, 3.05) is 0 Å². The highest BCUT2D eigenvalue weighted by molar-refractivity contribution is 7.25.